The third-order valence-electron chi connectivity index (χ3n) is 3.92. The van der Waals surface area contributed by atoms with E-state index >= 15 is 0 Å². The summed E-state index contributed by atoms with van der Waals surface area (Å²) in [6, 6.07) is 16.9. The van der Waals surface area contributed by atoms with Crippen molar-refractivity contribution >= 4 is 17.5 Å². The average Bonchev–Trinajstić information content (AvgIpc) is 3.05. The molecule has 0 radical (unpaired) electrons. The Hall–Kier alpha value is -2.82. The zero-order valence-corrected chi connectivity index (χ0v) is 13.4. The second kappa shape index (κ2) is 7.64. The molecule has 2 amide bonds. The largest absolute Gasteiger partial charge is 0.484 e. The van der Waals surface area contributed by atoms with Crippen LogP contribution in [0.2, 0.25) is 0 Å². The predicted octanol–water partition coefficient (Wildman–Crippen LogP) is 2.51. The molecular formula is C19H20N2O3. The van der Waals surface area contributed by atoms with Crippen LogP contribution in [0.3, 0.4) is 0 Å². The SMILES string of the molecule is O=C(COc1ccccc1)NCc1ccc(N2CCCC2=O)cc1. The van der Waals surface area contributed by atoms with Gasteiger partial charge in [0, 0.05) is 25.2 Å². The molecule has 124 valence electrons. The minimum Gasteiger partial charge on any atom is -0.484 e. The second-order valence-corrected chi connectivity index (χ2v) is 5.69. The summed E-state index contributed by atoms with van der Waals surface area (Å²) in [5.74, 6) is 0.680. The lowest BCUT2D eigenvalue weighted by molar-refractivity contribution is -0.123. The van der Waals surface area contributed by atoms with Crippen LogP contribution in [0.4, 0.5) is 5.69 Å². The van der Waals surface area contributed by atoms with Crippen molar-refractivity contribution in [3.8, 4) is 5.75 Å². The first-order valence-electron chi connectivity index (χ1n) is 8.06. The first-order valence-corrected chi connectivity index (χ1v) is 8.06. The van der Waals surface area contributed by atoms with Crippen LogP contribution in [-0.2, 0) is 16.1 Å². The number of anilines is 1. The number of benzene rings is 2. The molecule has 5 heteroatoms. The number of amides is 2. The van der Waals surface area contributed by atoms with Crippen molar-refractivity contribution in [3.63, 3.8) is 0 Å². The monoisotopic (exact) mass is 324 g/mol. The first kappa shape index (κ1) is 16.1. The van der Waals surface area contributed by atoms with Crippen molar-refractivity contribution in [3.05, 3.63) is 60.2 Å². The van der Waals surface area contributed by atoms with E-state index in [0.717, 1.165) is 24.2 Å². The number of nitrogens with one attached hydrogen (secondary N) is 1. The van der Waals surface area contributed by atoms with Gasteiger partial charge in [-0.15, -0.1) is 0 Å². The maximum atomic E-state index is 11.8. The maximum Gasteiger partial charge on any atom is 0.258 e. The van der Waals surface area contributed by atoms with Gasteiger partial charge in [0.1, 0.15) is 5.75 Å². The lowest BCUT2D eigenvalue weighted by atomic mass is 10.2. The molecule has 1 aliphatic rings. The number of para-hydroxylation sites is 1. The van der Waals surface area contributed by atoms with E-state index in [1.807, 2.05) is 54.6 Å². The zero-order valence-electron chi connectivity index (χ0n) is 13.4. The van der Waals surface area contributed by atoms with Crippen LogP contribution >= 0.6 is 0 Å². The number of carbonyl (C=O) groups is 2. The van der Waals surface area contributed by atoms with Crippen LogP contribution in [0.1, 0.15) is 18.4 Å². The standard InChI is InChI=1S/C19H20N2O3/c22-18(14-24-17-5-2-1-3-6-17)20-13-15-8-10-16(11-9-15)21-12-4-7-19(21)23/h1-3,5-6,8-11H,4,7,12-14H2,(H,20,22). The van der Waals surface area contributed by atoms with E-state index in [1.165, 1.54) is 0 Å². The van der Waals surface area contributed by atoms with Gasteiger partial charge >= 0.3 is 0 Å². The molecule has 0 unspecified atom stereocenters. The highest BCUT2D eigenvalue weighted by Gasteiger charge is 2.21. The lowest BCUT2D eigenvalue weighted by Gasteiger charge is -2.16. The minimum atomic E-state index is -0.169. The molecule has 2 aromatic rings. The fourth-order valence-electron chi connectivity index (χ4n) is 2.63. The van der Waals surface area contributed by atoms with Crippen molar-refractivity contribution in [2.24, 2.45) is 0 Å². The number of hydrogen-bond donors (Lipinski definition) is 1. The third-order valence-corrected chi connectivity index (χ3v) is 3.92. The molecule has 3 rings (SSSR count). The summed E-state index contributed by atoms with van der Waals surface area (Å²) in [6.07, 6.45) is 1.54. The van der Waals surface area contributed by atoms with E-state index in [2.05, 4.69) is 5.32 Å². The molecule has 1 saturated heterocycles. The molecule has 2 aromatic carbocycles. The van der Waals surface area contributed by atoms with Gasteiger partial charge in [-0.2, -0.15) is 0 Å². The Morgan fingerprint density at radius 2 is 1.83 bits per heavy atom. The van der Waals surface area contributed by atoms with Crippen LogP contribution in [0.15, 0.2) is 54.6 Å². The van der Waals surface area contributed by atoms with Gasteiger partial charge in [-0.25, -0.2) is 0 Å². The molecule has 1 N–H and O–H groups in total. The van der Waals surface area contributed by atoms with E-state index in [9.17, 15) is 9.59 Å². The topological polar surface area (TPSA) is 58.6 Å². The van der Waals surface area contributed by atoms with Gasteiger partial charge in [-0.1, -0.05) is 30.3 Å². The Morgan fingerprint density at radius 3 is 2.50 bits per heavy atom. The highest BCUT2D eigenvalue weighted by molar-refractivity contribution is 5.95. The molecule has 1 aliphatic heterocycles. The second-order valence-electron chi connectivity index (χ2n) is 5.69. The van der Waals surface area contributed by atoms with E-state index < -0.39 is 0 Å². The Bertz CT molecular complexity index is 698. The normalized spacial score (nSPS) is 13.8. The molecule has 1 fully saturated rings. The van der Waals surface area contributed by atoms with Gasteiger partial charge in [0.2, 0.25) is 5.91 Å². The van der Waals surface area contributed by atoms with Gasteiger partial charge in [-0.05, 0) is 36.2 Å². The van der Waals surface area contributed by atoms with Crippen LogP contribution in [0, 0.1) is 0 Å². The Morgan fingerprint density at radius 1 is 1.08 bits per heavy atom. The van der Waals surface area contributed by atoms with Gasteiger partial charge in [0.15, 0.2) is 6.61 Å². The third kappa shape index (κ3) is 4.13. The zero-order chi connectivity index (χ0) is 16.8. The fourth-order valence-corrected chi connectivity index (χ4v) is 2.63. The lowest BCUT2D eigenvalue weighted by Crippen LogP contribution is -2.28. The van der Waals surface area contributed by atoms with E-state index in [-0.39, 0.29) is 18.4 Å². The first-order chi connectivity index (χ1) is 11.7. The molecular weight excluding hydrogens is 304 g/mol. The molecule has 0 saturated carbocycles. The smallest absolute Gasteiger partial charge is 0.258 e. The quantitative estimate of drug-likeness (QED) is 0.888. The van der Waals surface area contributed by atoms with Crippen LogP contribution in [0.25, 0.3) is 0 Å². The van der Waals surface area contributed by atoms with E-state index in [1.54, 1.807) is 4.90 Å². The van der Waals surface area contributed by atoms with E-state index in [0.29, 0.717) is 18.7 Å². The van der Waals surface area contributed by atoms with Crippen molar-refractivity contribution in [2.45, 2.75) is 19.4 Å². The summed E-state index contributed by atoms with van der Waals surface area (Å²) in [5, 5.41) is 2.82. The number of hydrogen-bond acceptors (Lipinski definition) is 3. The molecule has 0 aromatic heterocycles. The molecule has 0 bridgehead atoms. The Labute approximate surface area is 141 Å². The average molecular weight is 324 g/mol. The van der Waals surface area contributed by atoms with Crippen LogP contribution < -0.4 is 15.0 Å². The van der Waals surface area contributed by atoms with E-state index in [4.69, 9.17) is 4.74 Å². The summed E-state index contributed by atoms with van der Waals surface area (Å²) in [7, 11) is 0. The summed E-state index contributed by atoms with van der Waals surface area (Å²) in [4.78, 5) is 25.3. The van der Waals surface area contributed by atoms with Gasteiger partial charge in [-0.3, -0.25) is 9.59 Å². The number of rotatable bonds is 6. The number of carbonyl (C=O) groups excluding carboxylic acids is 2. The number of nitrogens with zero attached hydrogens (tertiary/aromatic N) is 1. The maximum absolute atomic E-state index is 11.8. The van der Waals surface area contributed by atoms with Crippen molar-refractivity contribution in [2.75, 3.05) is 18.1 Å². The highest BCUT2D eigenvalue weighted by atomic mass is 16.5. The minimum absolute atomic E-state index is 0.00955. The highest BCUT2D eigenvalue weighted by Crippen LogP contribution is 2.21. The molecule has 1 heterocycles. The van der Waals surface area contributed by atoms with Crippen molar-refractivity contribution in [1.29, 1.82) is 0 Å². The molecule has 5 nitrogen and oxygen atoms in total. The summed E-state index contributed by atoms with van der Waals surface area (Å²) >= 11 is 0. The molecule has 0 spiro atoms. The summed E-state index contributed by atoms with van der Waals surface area (Å²) < 4.78 is 5.40. The van der Waals surface area contributed by atoms with Gasteiger partial charge < -0.3 is 15.0 Å². The summed E-state index contributed by atoms with van der Waals surface area (Å²) in [6.45, 7) is 1.21. The van der Waals surface area contributed by atoms with Crippen LogP contribution in [0.5, 0.6) is 5.75 Å². The van der Waals surface area contributed by atoms with Crippen molar-refractivity contribution in [1.82, 2.24) is 5.32 Å². The van der Waals surface area contributed by atoms with Gasteiger partial charge in [0.05, 0.1) is 0 Å². The fraction of sp³-hybridized carbons (Fsp3) is 0.263. The summed E-state index contributed by atoms with van der Waals surface area (Å²) in [5.41, 5.74) is 1.90. The van der Waals surface area contributed by atoms with Crippen molar-refractivity contribution < 1.29 is 14.3 Å². The number of ether oxygens (including phenoxy) is 1. The molecule has 24 heavy (non-hydrogen) atoms. The van der Waals surface area contributed by atoms with Gasteiger partial charge in [0.25, 0.3) is 5.91 Å². The molecule has 0 aliphatic carbocycles. The molecule has 0 atom stereocenters. The Balaban J connectivity index is 1.46. The predicted molar refractivity (Wildman–Crippen MR) is 91.8 cm³/mol. The Kier molecular flexibility index (Phi) is 5.11. The van der Waals surface area contributed by atoms with Crippen LogP contribution in [-0.4, -0.2) is 25.0 Å².